The number of carbonyl (C=O) groups excluding carboxylic acids is 3. The number of hydrogen-bond donors (Lipinski definition) is 3. The molecule has 3 amide bonds. The van der Waals surface area contributed by atoms with E-state index < -0.39 is 11.3 Å². The monoisotopic (exact) mass is 590 g/mol. The van der Waals surface area contributed by atoms with Gasteiger partial charge in [0.15, 0.2) is 11.5 Å². The molecular weight excluding hydrogens is 544 g/mol. The van der Waals surface area contributed by atoms with Crippen molar-refractivity contribution in [1.29, 1.82) is 0 Å². The average molecular weight is 591 g/mol. The Morgan fingerprint density at radius 3 is 2.28 bits per heavy atom. The molecule has 1 aliphatic carbocycles. The maximum atomic E-state index is 12.8. The van der Waals surface area contributed by atoms with Gasteiger partial charge in [-0.15, -0.1) is 0 Å². The molecule has 1 aromatic carbocycles. The first-order chi connectivity index (χ1) is 20.6. The number of rotatable bonds is 9. The number of primary amides is 2. The van der Waals surface area contributed by atoms with Crippen LogP contribution in [-0.2, 0) is 15.0 Å². The fourth-order valence-corrected chi connectivity index (χ4v) is 7.24. The zero-order valence-electron chi connectivity index (χ0n) is 25.7. The van der Waals surface area contributed by atoms with Gasteiger partial charge in [-0.25, -0.2) is 9.97 Å². The van der Waals surface area contributed by atoms with E-state index in [2.05, 4.69) is 27.0 Å². The number of nitrogens with one attached hydrogen (secondary N) is 1. The highest BCUT2D eigenvalue weighted by atomic mass is 16.2. The Balaban J connectivity index is 1.33. The maximum Gasteiger partial charge on any atom is 0.271 e. The Morgan fingerprint density at radius 2 is 1.67 bits per heavy atom. The molecule has 1 saturated carbocycles. The largest absolute Gasteiger partial charge is 0.369 e. The molecule has 43 heavy (non-hydrogen) atoms. The summed E-state index contributed by atoms with van der Waals surface area (Å²) in [4.78, 5) is 53.0. The molecule has 2 atom stereocenters. The third kappa shape index (κ3) is 6.46. The molecule has 5 N–H and O–H groups in total. The molecule has 1 aromatic heterocycles. The minimum Gasteiger partial charge on any atom is -0.369 e. The van der Waals surface area contributed by atoms with Crippen molar-refractivity contribution in [2.45, 2.75) is 82.2 Å². The average Bonchev–Trinajstić information content (AvgIpc) is 3.53. The molecule has 0 unspecified atom stereocenters. The van der Waals surface area contributed by atoms with E-state index in [-0.39, 0.29) is 35.3 Å². The van der Waals surface area contributed by atoms with Crippen LogP contribution in [0, 0.1) is 5.92 Å². The van der Waals surface area contributed by atoms with Crippen LogP contribution in [0.15, 0.2) is 30.5 Å². The lowest BCUT2D eigenvalue weighted by atomic mass is 9.72. The normalized spacial score (nSPS) is 22.7. The standard InChI is InChI=1S/C32H46N8O3/c1-21-22(19-27(41)38(2)3)7-6-16-40(21)26-20-35-28(29(33)42)30(37-26)36-24-12-10-23(11-13-24)32(31(34)43)14-17-39(18-15-32)25-8-4-5-9-25/h10-13,20-22,25H,4-9,14-19H2,1-3H3,(H2,33,42)(H2,34,43)(H,36,37)/t21-,22+/m1/s1. The van der Waals surface area contributed by atoms with Crippen molar-refractivity contribution in [2.24, 2.45) is 17.4 Å². The van der Waals surface area contributed by atoms with Gasteiger partial charge in [0, 0.05) is 44.8 Å². The van der Waals surface area contributed by atoms with Gasteiger partial charge in [-0.05, 0) is 82.2 Å². The van der Waals surface area contributed by atoms with Crippen molar-refractivity contribution in [1.82, 2.24) is 19.8 Å². The number of nitrogens with zero attached hydrogens (tertiary/aromatic N) is 5. The number of anilines is 3. The van der Waals surface area contributed by atoms with E-state index in [1.54, 1.807) is 25.2 Å². The van der Waals surface area contributed by atoms with Crippen LogP contribution in [0.5, 0.6) is 0 Å². The summed E-state index contributed by atoms with van der Waals surface area (Å²) >= 11 is 0. The minimum absolute atomic E-state index is 0.0460. The van der Waals surface area contributed by atoms with Crippen LogP contribution in [0.1, 0.15) is 80.8 Å². The molecule has 11 heteroatoms. The van der Waals surface area contributed by atoms with E-state index in [0.717, 1.165) is 38.0 Å². The number of aromatic nitrogens is 2. The number of hydrogen-bond acceptors (Lipinski definition) is 8. The summed E-state index contributed by atoms with van der Waals surface area (Å²) < 4.78 is 0. The zero-order chi connectivity index (χ0) is 30.7. The smallest absolute Gasteiger partial charge is 0.271 e. The molecule has 11 nitrogen and oxygen atoms in total. The second kappa shape index (κ2) is 12.9. The molecule has 232 valence electrons. The third-order valence-electron chi connectivity index (χ3n) is 10.0. The van der Waals surface area contributed by atoms with E-state index in [9.17, 15) is 14.4 Å². The first kappa shape index (κ1) is 30.7. The van der Waals surface area contributed by atoms with E-state index in [1.807, 2.05) is 24.3 Å². The Bertz CT molecular complexity index is 1320. The lowest BCUT2D eigenvalue weighted by Crippen LogP contribution is -2.52. The van der Waals surface area contributed by atoms with Gasteiger partial charge in [0.25, 0.3) is 5.91 Å². The Kier molecular flexibility index (Phi) is 9.19. The zero-order valence-corrected chi connectivity index (χ0v) is 25.7. The summed E-state index contributed by atoms with van der Waals surface area (Å²) in [6, 6.07) is 8.36. The molecule has 0 spiro atoms. The Hall–Kier alpha value is -3.73. The van der Waals surface area contributed by atoms with Crippen molar-refractivity contribution in [2.75, 3.05) is 43.9 Å². The highest BCUT2D eigenvalue weighted by molar-refractivity contribution is 5.96. The van der Waals surface area contributed by atoms with Crippen molar-refractivity contribution >= 4 is 35.0 Å². The Morgan fingerprint density at radius 1 is 1.00 bits per heavy atom. The van der Waals surface area contributed by atoms with Gasteiger partial charge in [-0.2, -0.15) is 0 Å². The summed E-state index contributed by atoms with van der Waals surface area (Å²) in [5, 5.41) is 3.24. The molecule has 2 aliphatic heterocycles. The fourth-order valence-electron chi connectivity index (χ4n) is 7.24. The SMILES string of the molecule is C[C@@H]1[C@H](CC(=O)N(C)C)CCCN1c1cnc(C(N)=O)c(Nc2ccc(C3(C(N)=O)CCN(C4CCCC4)CC3)cc2)n1. The summed E-state index contributed by atoms with van der Waals surface area (Å²) in [6.45, 7) is 4.63. The Labute approximate surface area is 254 Å². The summed E-state index contributed by atoms with van der Waals surface area (Å²) in [5.74, 6) is 0.229. The molecule has 3 aliphatic rings. The van der Waals surface area contributed by atoms with Gasteiger partial charge < -0.3 is 31.5 Å². The second-order valence-electron chi connectivity index (χ2n) is 12.7. The van der Waals surface area contributed by atoms with Crippen LogP contribution in [0.2, 0.25) is 0 Å². The predicted octanol–water partition coefficient (Wildman–Crippen LogP) is 3.16. The van der Waals surface area contributed by atoms with Crippen LogP contribution < -0.4 is 21.7 Å². The quantitative estimate of drug-likeness (QED) is 0.403. The van der Waals surface area contributed by atoms with Crippen LogP contribution in [0.3, 0.4) is 0 Å². The first-order valence-corrected chi connectivity index (χ1v) is 15.6. The van der Waals surface area contributed by atoms with E-state index in [1.165, 1.54) is 25.7 Å². The number of piperidine rings is 2. The lowest BCUT2D eigenvalue weighted by Gasteiger charge is -2.42. The van der Waals surface area contributed by atoms with E-state index in [0.29, 0.717) is 36.8 Å². The highest BCUT2D eigenvalue weighted by Gasteiger charge is 2.43. The van der Waals surface area contributed by atoms with Crippen LogP contribution >= 0.6 is 0 Å². The van der Waals surface area contributed by atoms with Gasteiger partial charge in [0.05, 0.1) is 11.6 Å². The number of nitrogens with two attached hydrogens (primary N) is 2. The lowest BCUT2D eigenvalue weighted by molar-refractivity contribution is -0.130. The minimum atomic E-state index is -0.694. The summed E-state index contributed by atoms with van der Waals surface area (Å²) in [7, 11) is 3.55. The molecule has 2 aromatic rings. The van der Waals surface area contributed by atoms with Crippen molar-refractivity contribution in [3.05, 3.63) is 41.7 Å². The van der Waals surface area contributed by atoms with Gasteiger partial charge in [-0.1, -0.05) is 25.0 Å². The van der Waals surface area contributed by atoms with Crippen molar-refractivity contribution in [3.8, 4) is 0 Å². The fraction of sp³-hybridized carbons (Fsp3) is 0.594. The van der Waals surface area contributed by atoms with Gasteiger partial charge in [0.1, 0.15) is 5.82 Å². The van der Waals surface area contributed by atoms with Crippen LogP contribution in [0.25, 0.3) is 0 Å². The first-order valence-electron chi connectivity index (χ1n) is 15.6. The van der Waals surface area contributed by atoms with E-state index in [4.69, 9.17) is 16.5 Å². The van der Waals surface area contributed by atoms with Gasteiger partial charge in [0.2, 0.25) is 11.8 Å². The molecular formula is C32H46N8O3. The third-order valence-corrected chi connectivity index (χ3v) is 10.0. The second-order valence-corrected chi connectivity index (χ2v) is 12.7. The predicted molar refractivity (Wildman–Crippen MR) is 167 cm³/mol. The van der Waals surface area contributed by atoms with Gasteiger partial charge >= 0.3 is 0 Å². The van der Waals surface area contributed by atoms with E-state index >= 15 is 0 Å². The van der Waals surface area contributed by atoms with Crippen LogP contribution in [0.4, 0.5) is 17.3 Å². The molecule has 2 saturated heterocycles. The number of likely N-dealkylation sites (tertiary alicyclic amines) is 1. The van der Waals surface area contributed by atoms with Gasteiger partial charge in [-0.3, -0.25) is 14.4 Å². The van der Waals surface area contributed by atoms with Crippen LogP contribution in [-0.4, -0.2) is 83.3 Å². The number of carbonyl (C=O) groups is 3. The number of amides is 3. The topological polar surface area (TPSA) is 151 Å². The highest BCUT2D eigenvalue weighted by Crippen LogP contribution is 2.39. The molecule has 3 heterocycles. The molecule has 5 rings (SSSR count). The summed E-state index contributed by atoms with van der Waals surface area (Å²) in [5.41, 5.74) is 12.7. The van der Waals surface area contributed by atoms with Crippen molar-refractivity contribution in [3.63, 3.8) is 0 Å². The number of benzene rings is 1. The van der Waals surface area contributed by atoms with Crippen molar-refractivity contribution < 1.29 is 14.4 Å². The molecule has 0 bridgehead atoms. The molecule has 3 fully saturated rings. The molecule has 0 radical (unpaired) electrons. The maximum absolute atomic E-state index is 12.8. The summed E-state index contributed by atoms with van der Waals surface area (Å²) in [6.07, 6.45) is 10.4.